The van der Waals surface area contributed by atoms with Gasteiger partial charge in [-0.15, -0.1) is 0 Å². The van der Waals surface area contributed by atoms with Gasteiger partial charge in [0.15, 0.2) is 0 Å². The van der Waals surface area contributed by atoms with Crippen molar-refractivity contribution < 1.29 is 9.72 Å². The molecule has 0 bridgehead atoms. The molecule has 0 saturated carbocycles. The number of hydrogen-bond donors (Lipinski definition) is 3. The van der Waals surface area contributed by atoms with Crippen molar-refractivity contribution in [1.82, 2.24) is 5.32 Å². The van der Waals surface area contributed by atoms with Crippen molar-refractivity contribution in [2.45, 2.75) is 19.8 Å². The van der Waals surface area contributed by atoms with Crippen molar-refractivity contribution in [3.8, 4) is 0 Å². The Balaban J connectivity index is 2.39. The van der Waals surface area contributed by atoms with E-state index in [-0.39, 0.29) is 11.6 Å². The topological polar surface area (TPSA) is 110 Å². The Morgan fingerprint density at radius 2 is 2.15 bits per heavy atom. The van der Waals surface area contributed by atoms with Gasteiger partial charge in [-0.05, 0) is 25.0 Å². The van der Waals surface area contributed by atoms with Gasteiger partial charge in [0, 0.05) is 32.1 Å². The summed E-state index contributed by atoms with van der Waals surface area (Å²) in [5, 5.41) is 16.7. The van der Waals surface area contributed by atoms with Gasteiger partial charge >= 0.3 is 0 Å². The molecule has 0 aliphatic rings. The maximum absolute atomic E-state index is 11.2. The van der Waals surface area contributed by atoms with Gasteiger partial charge in [-0.2, -0.15) is 0 Å². The van der Waals surface area contributed by atoms with Crippen LogP contribution in [0.25, 0.3) is 0 Å². The van der Waals surface area contributed by atoms with E-state index >= 15 is 0 Å². The number of nitro benzene ring substituents is 1. The molecular weight excluding hydrogens is 260 g/mol. The van der Waals surface area contributed by atoms with Gasteiger partial charge in [0.25, 0.3) is 5.69 Å². The number of carbonyl (C=O) groups is 1. The lowest BCUT2D eigenvalue weighted by atomic mass is 10.2. The van der Waals surface area contributed by atoms with E-state index in [1.807, 2.05) is 13.0 Å². The third-order valence-corrected chi connectivity index (χ3v) is 2.71. The van der Waals surface area contributed by atoms with E-state index in [1.54, 1.807) is 6.07 Å². The third-order valence-electron chi connectivity index (χ3n) is 2.71. The highest BCUT2D eigenvalue weighted by molar-refractivity contribution is 5.75. The molecule has 1 amide bonds. The molecule has 0 atom stereocenters. The molecule has 0 aliphatic heterocycles. The molecule has 0 spiro atoms. The Bertz CT molecular complexity index is 477. The molecule has 1 rings (SSSR count). The van der Waals surface area contributed by atoms with Crippen LogP contribution in [-0.4, -0.2) is 30.5 Å². The third kappa shape index (κ3) is 5.23. The number of benzene rings is 1. The summed E-state index contributed by atoms with van der Waals surface area (Å²) in [7, 11) is 0. The lowest BCUT2D eigenvalue weighted by Crippen LogP contribution is -2.27. The van der Waals surface area contributed by atoms with E-state index in [1.165, 1.54) is 6.07 Å². The number of nitrogens with one attached hydrogen (secondary N) is 2. The Hall–Kier alpha value is -2.15. The lowest BCUT2D eigenvalue weighted by molar-refractivity contribution is -0.384. The molecule has 0 aromatic heterocycles. The fourth-order valence-electron chi connectivity index (χ4n) is 1.70. The van der Waals surface area contributed by atoms with Crippen LogP contribution in [0, 0.1) is 17.0 Å². The second-order valence-electron chi connectivity index (χ2n) is 4.45. The van der Waals surface area contributed by atoms with Gasteiger partial charge in [0.1, 0.15) is 5.69 Å². The summed E-state index contributed by atoms with van der Waals surface area (Å²) >= 11 is 0. The fraction of sp³-hybridized carbons (Fsp3) is 0.462. The van der Waals surface area contributed by atoms with Crippen molar-refractivity contribution in [2.75, 3.05) is 25.0 Å². The largest absolute Gasteiger partial charge is 0.379 e. The smallest absolute Gasteiger partial charge is 0.292 e. The van der Waals surface area contributed by atoms with E-state index in [9.17, 15) is 14.9 Å². The van der Waals surface area contributed by atoms with Crippen LogP contribution in [0.15, 0.2) is 18.2 Å². The SMILES string of the molecule is Cc1ccc(NCCCNC(=O)CCN)c([N+](=O)[O-])c1. The number of nitro groups is 1. The van der Waals surface area contributed by atoms with Crippen LogP contribution in [0.2, 0.25) is 0 Å². The number of aryl methyl sites for hydroxylation is 1. The number of anilines is 1. The van der Waals surface area contributed by atoms with Crippen molar-refractivity contribution in [3.63, 3.8) is 0 Å². The molecule has 1 aromatic rings. The number of hydrogen-bond acceptors (Lipinski definition) is 5. The molecule has 20 heavy (non-hydrogen) atoms. The van der Waals surface area contributed by atoms with E-state index in [2.05, 4.69) is 10.6 Å². The van der Waals surface area contributed by atoms with Crippen LogP contribution >= 0.6 is 0 Å². The first-order chi connectivity index (χ1) is 9.54. The Kier molecular flexibility index (Phi) is 6.45. The molecule has 0 saturated heterocycles. The minimum Gasteiger partial charge on any atom is -0.379 e. The first kappa shape index (κ1) is 15.9. The second-order valence-corrected chi connectivity index (χ2v) is 4.45. The van der Waals surface area contributed by atoms with Gasteiger partial charge in [-0.25, -0.2) is 0 Å². The summed E-state index contributed by atoms with van der Waals surface area (Å²) in [6.45, 7) is 3.21. The van der Waals surface area contributed by atoms with Crippen LogP contribution in [0.1, 0.15) is 18.4 Å². The minimum absolute atomic E-state index is 0.0668. The number of nitrogens with two attached hydrogens (primary N) is 1. The van der Waals surface area contributed by atoms with E-state index in [4.69, 9.17) is 5.73 Å². The van der Waals surface area contributed by atoms with Crippen molar-refractivity contribution >= 4 is 17.3 Å². The summed E-state index contributed by atoms with van der Waals surface area (Å²) in [4.78, 5) is 21.7. The quantitative estimate of drug-likeness (QED) is 0.376. The number of amides is 1. The second kappa shape index (κ2) is 8.11. The van der Waals surface area contributed by atoms with Gasteiger partial charge in [0.05, 0.1) is 4.92 Å². The first-order valence-electron chi connectivity index (χ1n) is 6.50. The molecule has 7 nitrogen and oxygen atoms in total. The van der Waals surface area contributed by atoms with E-state index in [0.29, 0.717) is 38.2 Å². The van der Waals surface area contributed by atoms with E-state index in [0.717, 1.165) is 5.56 Å². The monoisotopic (exact) mass is 280 g/mol. The highest BCUT2D eigenvalue weighted by Crippen LogP contribution is 2.24. The first-order valence-corrected chi connectivity index (χ1v) is 6.50. The lowest BCUT2D eigenvalue weighted by Gasteiger charge is -2.08. The standard InChI is InChI=1S/C13H20N4O3/c1-10-3-4-11(12(9-10)17(19)20)15-7-2-8-16-13(18)5-6-14/h3-4,9,15H,2,5-8,14H2,1H3,(H,16,18). The summed E-state index contributed by atoms with van der Waals surface area (Å²) in [5.41, 5.74) is 6.66. The highest BCUT2D eigenvalue weighted by Gasteiger charge is 2.12. The summed E-state index contributed by atoms with van der Waals surface area (Å²) < 4.78 is 0. The van der Waals surface area contributed by atoms with E-state index < -0.39 is 4.92 Å². The predicted octanol–water partition coefficient (Wildman–Crippen LogP) is 1.17. The maximum atomic E-state index is 11.2. The van der Waals surface area contributed by atoms with Crippen LogP contribution in [0.5, 0.6) is 0 Å². The van der Waals surface area contributed by atoms with Gasteiger partial charge in [-0.3, -0.25) is 14.9 Å². The Morgan fingerprint density at radius 3 is 2.80 bits per heavy atom. The number of rotatable bonds is 8. The molecule has 1 aromatic carbocycles. The summed E-state index contributed by atoms with van der Waals surface area (Å²) in [6, 6.07) is 5.05. The molecule has 0 radical (unpaired) electrons. The van der Waals surface area contributed by atoms with Crippen LogP contribution in [0.3, 0.4) is 0 Å². The molecule has 4 N–H and O–H groups in total. The number of nitrogens with zero attached hydrogens (tertiary/aromatic N) is 1. The van der Waals surface area contributed by atoms with Gasteiger partial charge < -0.3 is 16.4 Å². The Labute approximate surface area is 117 Å². The van der Waals surface area contributed by atoms with Crippen LogP contribution < -0.4 is 16.4 Å². The Morgan fingerprint density at radius 1 is 1.40 bits per heavy atom. The average Bonchev–Trinajstić information content (AvgIpc) is 2.40. The normalized spacial score (nSPS) is 10.1. The molecule has 0 fully saturated rings. The molecule has 110 valence electrons. The molecule has 0 aliphatic carbocycles. The zero-order valence-corrected chi connectivity index (χ0v) is 11.5. The minimum atomic E-state index is -0.404. The predicted molar refractivity (Wildman–Crippen MR) is 77.6 cm³/mol. The average molecular weight is 280 g/mol. The van der Waals surface area contributed by atoms with Crippen molar-refractivity contribution in [1.29, 1.82) is 0 Å². The molecule has 7 heteroatoms. The van der Waals surface area contributed by atoms with Crippen LogP contribution in [0.4, 0.5) is 11.4 Å². The number of carbonyl (C=O) groups excluding carboxylic acids is 1. The maximum Gasteiger partial charge on any atom is 0.292 e. The van der Waals surface area contributed by atoms with Crippen molar-refractivity contribution in [2.24, 2.45) is 5.73 Å². The summed E-state index contributed by atoms with van der Waals surface area (Å²) in [5.74, 6) is -0.0752. The van der Waals surface area contributed by atoms with Crippen molar-refractivity contribution in [3.05, 3.63) is 33.9 Å². The zero-order chi connectivity index (χ0) is 15.0. The molecule has 0 unspecified atom stereocenters. The van der Waals surface area contributed by atoms with Crippen LogP contribution in [-0.2, 0) is 4.79 Å². The fourth-order valence-corrected chi connectivity index (χ4v) is 1.70. The van der Waals surface area contributed by atoms with Gasteiger partial charge in [0.2, 0.25) is 5.91 Å². The van der Waals surface area contributed by atoms with Gasteiger partial charge in [-0.1, -0.05) is 6.07 Å². The molecule has 0 heterocycles. The molecular formula is C13H20N4O3. The summed E-state index contributed by atoms with van der Waals surface area (Å²) in [6.07, 6.45) is 0.998. The highest BCUT2D eigenvalue weighted by atomic mass is 16.6. The zero-order valence-electron chi connectivity index (χ0n) is 11.5.